The summed E-state index contributed by atoms with van der Waals surface area (Å²) in [4.78, 5) is 57.4. The largest absolute Gasteiger partial charge is 0.461 e. The highest BCUT2D eigenvalue weighted by atomic mass is 16.6. The van der Waals surface area contributed by atoms with Crippen molar-refractivity contribution in [3.63, 3.8) is 0 Å². The molecule has 0 spiro atoms. The molecule has 0 unspecified atom stereocenters. The monoisotopic (exact) mass is 870 g/mol. The maximum absolute atomic E-state index is 14.3. The number of ether oxygens (including phenoxy) is 4. The van der Waals surface area contributed by atoms with Gasteiger partial charge in [0, 0.05) is 32.6 Å². The van der Waals surface area contributed by atoms with Crippen LogP contribution in [0.3, 0.4) is 0 Å². The number of fused-ring (bicyclic) bond motifs is 3. The van der Waals surface area contributed by atoms with Crippen LogP contribution in [0.15, 0.2) is 47.6 Å². The van der Waals surface area contributed by atoms with Crippen molar-refractivity contribution in [2.45, 2.75) is 187 Å². The quantitative estimate of drug-likeness (QED) is 0.143. The van der Waals surface area contributed by atoms with E-state index in [1.165, 1.54) is 12.0 Å². The van der Waals surface area contributed by atoms with E-state index >= 15 is 0 Å². The van der Waals surface area contributed by atoms with E-state index in [4.69, 9.17) is 18.9 Å². The van der Waals surface area contributed by atoms with Gasteiger partial charge < -0.3 is 39.2 Å². The van der Waals surface area contributed by atoms with Crippen LogP contribution in [0.2, 0.25) is 0 Å². The van der Waals surface area contributed by atoms with Gasteiger partial charge in [0.15, 0.2) is 5.78 Å². The van der Waals surface area contributed by atoms with Crippen LogP contribution in [0, 0.1) is 35.5 Å². The number of hydrogen-bond donors (Lipinski definition) is 3. The van der Waals surface area contributed by atoms with Crippen LogP contribution >= 0.6 is 0 Å². The number of carbonyl (C=O) groups is 4. The lowest BCUT2D eigenvalue weighted by molar-refractivity contribution is -0.263. The highest BCUT2D eigenvalue weighted by molar-refractivity contribution is 6.39. The summed E-state index contributed by atoms with van der Waals surface area (Å²) in [6.45, 7) is 13.7. The number of carbonyl (C=O) groups excluding carboxylic acids is 4. The van der Waals surface area contributed by atoms with Gasteiger partial charge in [-0.1, -0.05) is 76.6 Å². The van der Waals surface area contributed by atoms with Crippen molar-refractivity contribution in [3.8, 4) is 0 Å². The summed E-state index contributed by atoms with van der Waals surface area (Å²) in [6, 6.07) is -0.994. The second-order valence-electron chi connectivity index (χ2n) is 19.4. The van der Waals surface area contributed by atoms with E-state index in [-0.39, 0.29) is 48.0 Å². The number of esters is 1. The Bertz CT molecular complexity index is 1620. The van der Waals surface area contributed by atoms with Gasteiger partial charge in [-0.2, -0.15) is 0 Å². The fourth-order valence-electron chi connectivity index (χ4n) is 10.0. The molecular weight excluding hydrogens is 791 g/mol. The van der Waals surface area contributed by atoms with Crippen molar-refractivity contribution < 1.29 is 53.4 Å². The Balaban J connectivity index is 1.64. The van der Waals surface area contributed by atoms with Gasteiger partial charge in [0.25, 0.3) is 11.7 Å². The molecule has 4 aliphatic rings. The van der Waals surface area contributed by atoms with Gasteiger partial charge in [0.1, 0.15) is 24.4 Å². The van der Waals surface area contributed by atoms with Gasteiger partial charge in [-0.25, -0.2) is 4.79 Å². The zero-order valence-corrected chi connectivity index (χ0v) is 39.1. The van der Waals surface area contributed by atoms with E-state index in [2.05, 4.69) is 19.9 Å². The summed E-state index contributed by atoms with van der Waals surface area (Å²) >= 11 is 0. The summed E-state index contributed by atoms with van der Waals surface area (Å²) in [7, 11) is 3.06. The molecule has 2 saturated heterocycles. The van der Waals surface area contributed by atoms with Crippen LogP contribution < -0.4 is 0 Å². The van der Waals surface area contributed by atoms with Crippen molar-refractivity contribution in [1.29, 1.82) is 0 Å². The number of allylic oxidation sites excluding steroid dienone is 7. The third-order valence-corrected chi connectivity index (χ3v) is 14.1. The number of piperidine rings is 1. The van der Waals surface area contributed by atoms with Gasteiger partial charge in [0.05, 0.1) is 18.3 Å². The number of rotatable bonds is 5. The first kappa shape index (κ1) is 51.6. The Morgan fingerprint density at radius 1 is 0.855 bits per heavy atom. The molecule has 3 N–H and O–H groups in total. The molecule has 0 aromatic heterocycles. The van der Waals surface area contributed by atoms with Gasteiger partial charge in [-0.15, -0.1) is 0 Å². The predicted molar refractivity (Wildman–Crippen MR) is 239 cm³/mol. The molecule has 12 heteroatoms. The summed E-state index contributed by atoms with van der Waals surface area (Å²) in [5.74, 6) is -5.78. The Hall–Kier alpha value is -3.00. The molecule has 62 heavy (non-hydrogen) atoms. The summed E-state index contributed by atoms with van der Waals surface area (Å²) in [6.07, 6.45) is 16.5. The minimum Gasteiger partial charge on any atom is -0.461 e. The van der Waals surface area contributed by atoms with Crippen LogP contribution in [0.25, 0.3) is 0 Å². The van der Waals surface area contributed by atoms with Crippen LogP contribution in [0.5, 0.6) is 0 Å². The molecule has 14 atom stereocenters. The molecule has 3 aliphatic heterocycles. The molecular formula is C50H79NO11. The number of aliphatic hydroxyl groups excluding tert-OH is 2. The van der Waals surface area contributed by atoms with Crippen molar-refractivity contribution in [2.24, 2.45) is 35.5 Å². The Kier molecular flexibility index (Phi) is 20.3. The van der Waals surface area contributed by atoms with Crippen LogP contribution in [-0.2, 0) is 38.1 Å². The molecule has 1 amide bonds. The van der Waals surface area contributed by atoms with E-state index in [9.17, 15) is 34.5 Å². The van der Waals surface area contributed by atoms with Crippen molar-refractivity contribution in [3.05, 3.63) is 47.6 Å². The van der Waals surface area contributed by atoms with E-state index < -0.39 is 65.9 Å². The van der Waals surface area contributed by atoms with Crippen molar-refractivity contribution in [1.82, 2.24) is 4.90 Å². The van der Waals surface area contributed by atoms with Gasteiger partial charge in [0.2, 0.25) is 5.79 Å². The smallest absolute Gasteiger partial charge is 0.329 e. The molecule has 2 bridgehead atoms. The number of nitrogens with zero attached hydrogens (tertiary/aromatic N) is 1. The molecule has 0 aromatic rings. The average molecular weight is 870 g/mol. The van der Waals surface area contributed by atoms with Gasteiger partial charge >= 0.3 is 5.97 Å². The number of amides is 1. The lowest BCUT2D eigenvalue weighted by Gasteiger charge is -2.42. The molecule has 350 valence electrons. The first-order valence-corrected chi connectivity index (χ1v) is 23.5. The minimum atomic E-state index is -2.31. The Morgan fingerprint density at radius 2 is 1.60 bits per heavy atom. The molecule has 3 fully saturated rings. The lowest BCUT2D eigenvalue weighted by Crippen LogP contribution is -2.60. The number of ketones is 2. The number of Topliss-reactive ketones (excluding diaryl/α,β-unsaturated/α-hetero) is 2. The van der Waals surface area contributed by atoms with Crippen LogP contribution in [-0.4, -0.2) is 113 Å². The van der Waals surface area contributed by atoms with E-state index in [0.717, 1.165) is 18.4 Å². The molecule has 12 nitrogen and oxygen atoms in total. The SMILES string of the molecule is CO[C@@H]1C[C@H](C[C@@H](C)[C@@H]2CC[C@H](C)/C=C(\C)[C@@H](O)[C@@H](OC)C(=O)[C@H](C)C[C@H](C)/C=C/C=C/C=C(\C)CC[C@@H]3CC[C@@H](C)[C@@](O)(O3)C(=O)C(=O)N3CCCC[C@H]3C(=O)O2)CC[C@H]1O. The second-order valence-corrected chi connectivity index (χ2v) is 19.4. The van der Waals surface area contributed by atoms with Crippen molar-refractivity contribution >= 4 is 23.4 Å². The lowest BCUT2D eigenvalue weighted by atomic mass is 9.78. The number of cyclic esters (lactones) is 1. The Labute approximate surface area is 371 Å². The normalized spacial score (nSPS) is 40.5. The van der Waals surface area contributed by atoms with Crippen LogP contribution in [0.1, 0.15) is 138 Å². The minimum absolute atomic E-state index is 0.0638. The number of aliphatic hydroxyl groups is 3. The molecule has 0 radical (unpaired) electrons. The summed E-state index contributed by atoms with van der Waals surface area (Å²) in [5, 5.41) is 33.7. The molecule has 1 aliphatic carbocycles. The number of hydrogen-bond acceptors (Lipinski definition) is 11. The maximum atomic E-state index is 14.3. The fourth-order valence-corrected chi connectivity index (χ4v) is 10.0. The second kappa shape index (κ2) is 24.3. The summed E-state index contributed by atoms with van der Waals surface area (Å²) in [5.41, 5.74) is 1.70. The summed E-state index contributed by atoms with van der Waals surface area (Å²) < 4.78 is 23.7. The van der Waals surface area contributed by atoms with Crippen molar-refractivity contribution in [2.75, 3.05) is 20.8 Å². The van der Waals surface area contributed by atoms with Crippen LogP contribution in [0.4, 0.5) is 0 Å². The third kappa shape index (κ3) is 14.0. The molecule has 1 saturated carbocycles. The van der Waals surface area contributed by atoms with E-state index in [1.54, 1.807) is 21.0 Å². The zero-order valence-electron chi connectivity index (χ0n) is 39.1. The standard InChI is InChI=1S/C50H79NO11/c1-31-15-11-10-12-16-32(2)27-35(5)44(53)46(60-9)45(54)36(6)28-33(3)19-25-42(34(4)29-38-21-24-41(52)43(30-38)59-8)61-49(57)40-17-13-14-26-51(40)48(56)47(55)50(58)37(7)20-23-39(62-50)22-18-31/h10-12,15-16,28,32-35,37-43,45-46,52,54,58H,13-14,17-27,29-30H2,1-9H3/b11-10+,16-12+,31-15+,36-28+/t32-,33+,34-,35-,37-,38+,39-,40+,41-,42+,43-,45-,46+,50-/m1/s1. The highest BCUT2D eigenvalue weighted by Crippen LogP contribution is 2.37. The Morgan fingerprint density at radius 3 is 2.31 bits per heavy atom. The number of methoxy groups -OCH3 is 2. The highest BCUT2D eigenvalue weighted by Gasteiger charge is 2.52. The first-order chi connectivity index (χ1) is 29.4. The molecule has 0 aromatic carbocycles. The van der Waals surface area contributed by atoms with Gasteiger partial charge in [-0.05, 0) is 133 Å². The average Bonchev–Trinajstić information content (AvgIpc) is 3.25. The maximum Gasteiger partial charge on any atom is 0.329 e. The first-order valence-electron chi connectivity index (χ1n) is 23.5. The molecule has 3 heterocycles. The van der Waals surface area contributed by atoms with E-state index in [0.29, 0.717) is 82.6 Å². The predicted octanol–water partition coefficient (Wildman–Crippen LogP) is 7.38. The van der Waals surface area contributed by atoms with Gasteiger partial charge in [-0.3, -0.25) is 14.4 Å². The fraction of sp³-hybridized carbons (Fsp3) is 0.760. The zero-order chi connectivity index (χ0) is 45.7. The molecule has 4 rings (SSSR count). The van der Waals surface area contributed by atoms with E-state index in [1.807, 2.05) is 51.2 Å². The third-order valence-electron chi connectivity index (χ3n) is 14.1. The topological polar surface area (TPSA) is 169 Å².